The lowest BCUT2D eigenvalue weighted by Gasteiger charge is -2.12. The summed E-state index contributed by atoms with van der Waals surface area (Å²) in [6.07, 6.45) is 2.45. The van der Waals surface area contributed by atoms with Gasteiger partial charge < -0.3 is 20.4 Å². The largest absolute Gasteiger partial charge is 0.478 e. The predicted octanol–water partition coefficient (Wildman–Crippen LogP) is 2.65. The number of benzene rings is 2. The average Bonchev–Trinajstić information content (AvgIpc) is 2.58. The maximum Gasteiger partial charge on any atom is 0.337 e. The molecule has 8 nitrogen and oxygen atoms in total. The van der Waals surface area contributed by atoms with Crippen LogP contribution in [0, 0.1) is 0 Å². The number of hydrogen-bond donors (Lipinski definition) is 4. The van der Waals surface area contributed by atoms with Crippen LogP contribution in [0.1, 0.15) is 52.6 Å². The highest BCUT2D eigenvalue weighted by atomic mass is 16.4. The summed E-state index contributed by atoms with van der Waals surface area (Å²) in [4.78, 5) is 45.9. The second kappa shape index (κ2) is 7.31. The third kappa shape index (κ3) is 3.59. The molecule has 0 bridgehead atoms. The normalized spacial score (nSPS) is 10.6. The van der Waals surface area contributed by atoms with Crippen molar-refractivity contribution >= 4 is 36.0 Å². The van der Waals surface area contributed by atoms with Gasteiger partial charge in [-0.15, -0.1) is 0 Å². The van der Waals surface area contributed by atoms with E-state index in [9.17, 15) is 39.6 Å². The first-order valence-electron chi connectivity index (χ1n) is 7.11. The first kappa shape index (κ1) is 18.4. The maximum atomic E-state index is 11.6. The van der Waals surface area contributed by atoms with Crippen LogP contribution >= 0.6 is 0 Å². The van der Waals surface area contributed by atoms with E-state index >= 15 is 0 Å². The molecule has 0 radical (unpaired) electrons. The first-order chi connectivity index (χ1) is 12.2. The lowest BCUT2D eigenvalue weighted by atomic mass is 9.90. The molecule has 0 unspecified atom stereocenters. The average molecular weight is 356 g/mol. The number of carboxylic acids is 4. The number of carbonyl (C=O) groups is 4. The summed E-state index contributed by atoms with van der Waals surface area (Å²) in [6, 6.07) is 8.94. The van der Waals surface area contributed by atoms with Gasteiger partial charge in [0.15, 0.2) is 0 Å². The smallest absolute Gasteiger partial charge is 0.337 e. The van der Waals surface area contributed by atoms with Crippen LogP contribution in [0.2, 0.25) is 0 Å². The van der Waals surface area contributed by atoms with Gasteiger partial charge in [-0.25, -0.2) is 19.2 Å². The van der Waals surface area contributed by atoms with Crippen molar-refractivity contribution in [2.24, 2.45) is 0 Å². The van der Waals surface area contributed by atoms with Crippen molar-refractivity contribution in [1.29, 1.82) is 0 Å². The van der Waals surface area contributed by atoms with E-state index in [1.54, 1.807) is 30.3 Å². The standard InChI is InChI=1S/C18H12O8/c19-15(20)11-8-12(16(21)22)14(18(25)26)10(13(11)17(23)24)7-6-9-4-2-1-3-5-9/h1-8H,(H,19,20)(H,21,22)(H,23,24)(H,25,26)/b7-6+. The van der Waals surface area contributed by atoms with Gasteiger partial charge in [0.1, 0.15) is 0 Å². The van der Waals surface area contributed by atoms with Crippen LogP contribution in [0.4, 0.5) is 0 Å². The van der Waals surface area contributed by atoms with E-state index in [-0.39, 0.29) is 0 Å². The quantitative estimate of drug-likeness (QED) is 0.577. The lowest BCUT2D eigenvalue weighted by Crippen LogP contribution is -2.18. The predicted molar refractivity (Wildman–Crippen MR) is 89.6 cm³/mol. The Balaban J connectivity index is 2.90. The van der Waals surface area contributed by atoms with Crippen molar-refractivity contribution in [3.63, 3.8) is 0 Å². The fourth-order valence-electron chi connectivity index (χ4n) is 2.41. The second-order valence-corrected chi connectivity index (χ2v) is 5.10. The van der Waals surface area contributed by atoms with E-state index in [2.05, 4.69) is 0 Å². The van der Waals surface area contributed by atoms with Gasteiger partial charge in [0.2, 0.25) is 0 Å². The van der Waals surface area contributed by atoms with Crippen LogP contribution in [0.25, 0.3) is 12.2 Å². The van der Waals surface area contributed by atoms with Crippen molar-refractivity contribution in [1.82, 2.24) is 0 Å². The highest BCUT2D eigenvalue weighted by molar-refractivity contribution is 6.13. The molecule has 0 aliphatic heterocycles. The molecule has 0 amide bonds. The van der Waals surface area contributed by atoms with E-state index in [1.165, 1.54) is 6.08 Å². The zero-order valence-corrected chi connectivity index (χ0v) is 13.0. The Hall–Kier alpha value is -3.94. The Bertz CT molecular complexity index is 891. The number of aromatic carboxylic acids is 4. The highest BCUT2D eigenvalue weighted by Gasteiger charge is 2.29. The topological polar surface area (TPSA) is 149 Å². The maximum absolute atomic E-state index is 11.6. The van der Waals surface area contributed by atoms with Crippen molar-refractivity contribution in [2.75, 3.05) is 0 Å². The molecule has 0 aromatic heterocycles. The molecule has 0 atom stereocenters. The Morgan fingerprint density at radius 3 is 1.50 bits per heavy atom. The third-order valence-corrected chi connectivity index (χ3v) is 3.50. The van der Waals surface area contributed by atoms with Gasteiger partial charge in [-0.3, -0.25) is 0 Å². The summed E-state index contributed by atoms with van der Waals surface area (Å²) in [7, 11) is 0. The monoisotopic (exact) mass is 356 g/mol. The summed E-state index contributed by atoms with van der Waals surface area (Å²) in [5, 5.41) is 37.2. The molecule has 0 aliphatic carbocycles. The minimum absolute atomic E-state index is 0.508. The zero-order chi connectivity index (χ0) is 19.4. The van der Waals surface area contributed by atoms with Gasteiger partial charge in [0.25, 0.3) is 0 Å². The summed E-state index contributed by atoms with van der Waals surface area (Å²) in [6.45, 7) is 0. The van der Waals surface area contributed by atoms with E-state index in [0.29, 0.717) is 11.6 Å². The summed E-state index contributed by atoms with van der Waals surface area (Å²) >= 11 is 0. The van der Waals surface area contributed by atoms with Crippen LogP contribution in [-0.4, -0.2) is 44.3 Å². The number of carboxylic acid groups (broad SMARTS) is 4. The molecular weight excluding hydrogens is 344 g/mol. The van der Waals surface area contributed by atoms with E-state index < -0.39 is 51.7 Å². The van der Waals surface area contributed by atoms with Gasteiger partial charge in [-0.1, -0.05) is 42.5 Å². The Morgan fingerprint density at radius 2 is 1.12 bits per heavy atom. The van der Waals surface area contributed by atoms with Gasteiger partial charge in [-0.2, -0.15) is 0 Å². The highest BCUT2D eigenvalue weighted by Crippen LogP contribution is 2.27. The molecule has 4 N–H and O–H groups in total. The second-order valence-electron chi connectivity index (χ2n) is 5.10. The van der Waals surface area contributed by atoms with E-state index in [0.717, 1.165) is 6.08 Å². The molecule has 2 aromatic rings. The fourth-order valence-corrected chi connectivity index (χ4v) is 2.41. The lowest BCUT2D eigenvalue weighted by molar-refractivity contribution is 0.0636. The summed E-state index contributed by atoms with van der Waals surface area (Å²) in [5.41, 5.74) is -3.15. The minimum atomic E-state index is -1.69. The van der Waals surface area contributed by atoms with Crippen LogP contribution in [0.3, 0.4) is 0 Å². The molecule has 2 aromatic carbocycles. The van der Waals surface area contributed by atoms with Gasteiger partial charge in [-0.05, 0) is 11.6 Å². The fraction of sp³-hybridized carbons (Fsp3) is 0. The van der Waals surface area contributed by atoms with Gasteiger partial charge >= 0.3 is 23.9 Å². The van der Waals surface area contributed by atoms with Crippen LogP contribution in [-0.2, 0) is 0 Å². The van der Waals surface area contributed by atoms with Crippen molar-refractivity contribution in [3.8, 4) is 0 Å². The molecule has 0 fully saturated rings. The molecule has 0 heterocycles. The number of hydrogen-bond acceptors (Lipinski definition) is 4. The molecule has 26 heavy (non-hydrogen) atoms. The first-order valence-corrected chi connectivity index (χ1v) is 7.11. The van der Waals surface area contributed by atoms with Crippen molar-refractivity contribution in [3.05, 3.63) is 69.8 Å². The minimum Gasteiger partial charge on any atom is -0.478 e. The number of rotatable bonds is 6. The van der Waals surface area contributed by atoms with E-state index in [1.807, 2.05) is 0 Å². The van der Waals surface area contributed by atoms with E-state index in [4.69, 9.17) is 0 Å². The zero-order valence-electron chi connectivity index (χ0n) is 13.0. The third-order valence-electron chi connectivity index (χ3n) is 3.50. The molecule has 0 spiro atoms. The molecule has 0 saturated heterocycles. The molecule has 8 heteroatoms. The van der Waals surface area contributed by atoms with Crippen LogP contribution in [0.15, 0.2) is 36.4 Å². The summed E-state index contributed by atoms with van der Waals surface area (Å²) < 4.78 is 0. The SMILES string of the molecule is O=C(O)c1cc(C(=O)O)c(C(=O)O)c(/C=C/c2ccccc2)c1C(=O)O. The Labute approximate surface area is 146 Å². The summed E-state index contributed by atoms with van der Waals surface area (Å²) in [5.74, 6) is -6.74. The van der Waals surface area contributed by atoms with Crippen LogP contribution < -0.4 is 0 Å². The molecule has 0 aliphatic rings. The van der Waals surface area contributed by atoms with Gasteiger partial charge in [0, 0.05) is 5.56 Å². The molecule has 2 rings (SSSR count). The molecule has 0 saturated carbocycles. The Morgan fingerprint density at radius 1 is 0.654 bits per heavy atom. The molecular formula is C18H12O8. The molecule has 132 valence electrons. The van der Waals surface area contributed by atoms with Crippen molar-refractivity contribution < 1.29 is 39.6 Å². The van der Waals surface area contributed by atoms with Gasteiger partial charge in [0.05, 0.1) is 22.3 Å². The van der Waals surface area contributed by atoms with Crippen LogP contribution in [0.5, 0.6) is 0 Å². The van der Waals surface area contributed by atoms with Crippen molar-refractivity contribution in [2.45, 2.75) is 0 Å². The Kier molecular flexibility index (Phi) is 5.17.